The molecular weight excluding hydrogens is 330 g/mol. The molecule has 0 aliphatic heterocycles. The summed E-state index contributed by atoms with van der Waals surface area (Å²) < 4.78 is 0. The fraction of sp³-hybridized carbons (Fsp3) is 0.250. The van der Waals surface area contributed by atoms with E-state index in [0.29, 0.717) is 17.8 Å². The maximum absolute atomic E-state index is 12.8. The minimum absolute atomic E-state index is 0.131. The van der Waals surface area contributed by atoms with Crippen LogP contribution in [0.4, 0.5) is 11.4 Å². The highest BCUT2D eigenvalue weighted by molar-refractivity contribution is 6.07. The van der Waals surface area contributed by atoms with Crippen LogP contribution in [0.2, 0.25) is 0 Å². The Labute approximate surface area is 153 Å². The molecule has 0 fully saturated rings. The highest BCUT2D eigenvalue weighted by Crippen LogP contribution is 2.18. The Morgan fingerprint density at radius 3 is 2.38 bits per heavy atom. The van der Waals surface area contributed by atoms with Crippen molar-refractivity contribution in [3.8, 4) is 0 Å². The van der Waals surface area contributed by atoms with Crippen molar-refractivity contribution < 1.29 is 14.4 Å². The Bertz CT molecular complexity index is 775. The molecule has 0 unspecified atom stereocenters. The maximum Gasteiger partial charge on any atom is 0.258 e. The lowest BCUT2D eigenvalue weighted by Crippen LogP contribution is -2.30. The van der Waals surface area contributed by atoms with Gasteiger partial charge in [0.05, 0.1) is 0 Å². The molecule has 0 aromatic heterocycles. The standard InChI is InChI=1S/C20H23N3O3/c1-3-23(18-10-5-4-6-11-18)20(26)16-8-7-9-17(14-16)22-19(25)12-13-21-15(2)24/h4-11,14H,3,12-13H2,1-2H3,(H,21,24)(H,22,25). The number of benzene rings is 2. The van der Waals surface area contributed by atoms with E-state index >= 15 is 0 Å². The van der Waals surface area contributed by atoms with Crippen LogP contribution >= 0.6 is 0 Å². The number of amides is 3. The fourth-order valence-electron chi connectivity index (χ4n) is 2.51. The van der Waals surface area contributed by atoms with Crippen LogP contribution in [0, 0.1) is 0 Å². The summed E-state index contributed by atoms with van der Waals surface area (Å²) in [7, 11) is 0. The number of para-hydroxylation sites is 1. The molecule has 0 spiro atoms. The molecule has 0 atom stereocenters. The Morgan fingerprint density at radius 1 is 1.00 bits per heavy atom. The van der Waals surface area contributed by atoms with Crippen LogP contribution in [-0.2, 0) is 9.59 Å². The van der Waals surface area contributed by atoms with Gasteiger partial charge in [-0.2, -0.15) is 0 Å². The van der Waals surface area contributed by atoms with Gasteiger partial charge in [0, 0.05) is 43.4 Å². The van der Waals surface area contributed by atoms with Gasteiger partial charge in [0.15, 0.2) is 0 Å². The number of nitrogens with one attached hydrogen (secondary N) is 2. The van der Waals surface area contributed by atoms with Crippen molar-refractivity contribution in [3.63, 3.8) is 0 Å². The SMILES string of the molecule is CCN(C(=O)c1cccc(NC(=O)CCNC(C)=O)c1)c1ccccc1. The first-order chi connectivity index (χ1) is 12.5. The Kier molecular flexibility index (Phi) is 6.91. The van der Waals surface area contributed by atoms with Crippen LogP contribution in [0.3, 0.4) is 0 Å². The van der Waals surface area contributed by atoms with E-state index in [1.54, 1.807) is 29.2 Å². The summed E-state index contributed by atoms with van der Waals surface area (Å²) in [5.41, 5.74) is 1.87. The monoisotopic (exact) mass is 353 g/mol. The van der Waals surface area contributed by atoms with E-state index in [-0.39, 0.29) is 30.7 Å². The van der Waals surface area contributed by atoms with Gasteiger partial charge in [-0.3, -0.25) is 14.4 Å². The highest BCUT2D eigenvalue weighted by atomic mass is 16.2. The molecule has 0 heterocycles. The van der Waals surface area contributed by atoms with Crippen LogP contribution in [-0.4, -0.2) is 30.8 Å². The van der Waals surface area contributed by atoms with Crippen molar-refractivity contribution in [1.82, 2.24) is 5.32 Å². The van der Waals surface area contributed by atoms with E-state index in [2.05, 4.69) is 10.6 Å². The average molecular weight is 353 g/mol. The van der Waals surface area contributed by atoms with Gasteiger partial charge in [-0.25, -0.2) is 0 Å². The van der Waals surface area contributed by atoms with Gasteiger partial charge in [-0.1, -0.05) is 24.3 Å². The van der Waals surface area contributed by atoms with Crippen LogP contribution in [0.5, 0.6) is 0 Å². The quantitative estimate of drug-likeness (QED) is 0.803. The number of rotatable bonds is 7. The van der Waals surface area contributed by atoms with Crippen LogP contribution < -0.4 is 15.5 Å². The third-order valence-corrected chi connectivity index (χ3v) is 3.75. The topological polar surface area (TPSA) is 78.5 Å². The minimum Gasteiger partial charge on any atom is -0.356 e. The van der Waals surface area contributed by atoms with E-state index in [4.69, 9.17) is 0 Å². The summed E-state index contributed by atoms with van der Waals surface area (Å²) in [6, 6.07) is 16.3. The second-order valence-electron chi connectivity index (χ2n) is 5.75. The van der Waals surface area contributed by atoms with E-state index < -0.39 is 0 Å². The number of nitrogens with zero attached hydrogens (tertiary/aromatic N) is 1. The molecule has 0 saturated carbocycles. The average Bonchev–Trinajstić information content (AvgIpc) is 2.63. The van der Waals surface area contributed by atoms with Crippen LogP contribution in [0.25, 0.3) is 0 Å². The predicted octanol–water partition coefficient (Wildman–Crippen LogP) is 2.82. The zero-order chi connectivity index (χ0) is 18.9. The first kappa shape index (κ1) is 19.2. The molecule has 26 heavy (non-hydrogen) atoms. The molecule has 0 aliphatic rings. The molecule has 0 radical (unpaired) electrons. The largest absolute Gasteiger partial charge is 0.356 e. The number of anilines is 2. The molecule has 3 amide bonds. The van der Waals surface area contributed by atoms with Gasteiger partial charge in [0.2, 0.25) is 11.8 Å². The minimum atomic E-state index is -0.223. The summed E-state index contributed by atoms with van der Waals surface area (Å²) >= 11 is 0. The second-order valence-corrected chi connectivity index (χ2v) is 5.75. The smallest absolute Gasteiger partial charge is 0.258 e. The zero-order valence-electron chi connectivity index (χ0n) is 15.0. The van der Waals surface area contributed by atoms with Gasteiger partial charge >= 0.3 is 0 Å². The number of hydrogen-bond donors (Lipinski definition) is 2. The molecule has 0 aliphatic carbocycles. The Morgan fingerprint density at radius 2 is 1.73 bits per heavy atom. The van der Waals surface area contributed by atoms with Gasteiger partial charge in [0.1, 0.15) is 0 Å². The lowest BCUT2D eigenvalue weighted by atomic mass is 10.1. The molecule has 0 saturated heterocycles. The van der Waals surface area contributed by atoms with Crippen molar-refractivity contribution in [3.05, 3.63) is 60.2 Å². The molecule has 2 N–H and O–H groups in total. The van der Waals surface area contributed by atoms with Gasteiger partial charge < -0.3 is 15.5 Å². The van der Waals surface area contributed by atoms with Gasteiger partial charge in [-0.15, -0.1) is 0 Å². The first-order valence-electron chi connectivity index (χ1n) is 8.52. The fourth-order valence-corrected chi connectivity index (χ4v) is 2.51. The van der Waals surface area contributed by atoms with Gasteiger partial charge in [0.25, 0.3) is 5.91 Å². The highest BCUT2D eigenvalue weighted by Gasteiger charge is 2.16. The molecule has 2 aromatic carbocycles. The van der Waals surface area contributed by atoms with Crippen LogP contribution in [0.15, 0.2) is 54.6 Å². The number of carbonyl (C=O) groups excluding carboxylic acids is 3. The lowest BCUT2D eigenvalue weighted by Gasteiger charge is -2.21. The molecule has 6 heteroatoms. The summed E-state index contributed by atoms with van der Waals surface area (Å²) in [5, 5.41) is 5.32. The molecular formula is C20H23N3O3. The third kappa shape index (κ3) is 5.44. The normalized spacial score (nSPS) is 10.1. The molecule has 136 valence electrons. The summed E-state index contributed by atoms with van der Waals surface area (Å²) in [6.45, 7) is 4.13. The van der Waals surface area contributed by atoms with Crippen molar-refractivity contribution in [2.75, 3.05) is 23.3 Å². The number of carbonyl (C=O) groups is 3. The Hall–Kier alpha value is -3.15. The predicted molar refractivity (Wildman–Crippen MR) is 102 cm³/mol. The van der Waals surface area contributed by atoms with E-state index in [9.17, 15) is 14.4 Å². The maximum atomic E-state index is 12.8. The molecule has 0 bridgehead atoms. The third-order valence-electron chi connectivity index (χ3n) is 3.75. The molecule has 6 nitrogen and oxygen atoms in total. The summed E-state index contributed by atoms with van der Waals surface area (Å²) in [5.74, 6) is -0.530. The summed E-state index contributed by atoms with van der Waals surface area (Å²) in [6.07, 6.45) is 0.169. The van der Waals surface area contributed by atoms with Crippen molar-refractivity contribution >= 4 is 29.1 Å². The number of hydrogen-bond acceptors (Lipinski definition) is 3. The van der Waals surface area contributed by atoms with Crippen molar-refractivity contribution in [2.45, 2.75) is 20.3 Å². The molecule has 2 rings (SSSR count). The molecule has 2 aromatic rings. The zero-order valence-corrected chi connectivity index (χ0v) is 15.0. The lowest BCUT2D eigenvalue weighted by molar-refractivity contribution is -0.119. The van der Waals surface area contributed by atoms with Crippen molar-refractivity contribution in [1.29, 1.82) is 0 Å². The summed E-state index contributed by atoms with van der Waals surface area (Å²) in [4.78, 5) is 37.3. The van der Waals surface area contributed by atoms with Gasteiger partial charge in [-0.05, 0) is 37.3 Å². The van der Waals surface area contributed by atoms with E-state index in [1.807, 2.05) is 37.3 Å². The van der Waals surface area contributed by atoms with E-state index in [1.165, 1.54) is 6.92 Å². The van der Waals surface area contributed by atoms with E-state index in [0.717, 1.165) is 5.69 Å². The van der Waals surface area contributed by atoms with Crippen molar-refractivity contribution in [2.24, 2.45) is 0 Å². The Balaban J connectivity index is 2.06. The first-order valence-corrected chi connectivity index (χ1v) is 8.52. The van der Waals surface area contributed by atoms with Crippen LogP contribution in [0.1, 0.15) is 30.6 Å². The second kappa shape index (κ2) is 9.36.